The van der Waals surface area contributed by atoms with Crippen molar-refractivity contribution in [3.05, 3.63) is 32.7 Å². The highest BCUT2D eigenvalue weighted by molar-refractivity contribution is 9.11. The van der Waals surface area contributed by atoms with Gasteiger partial charge in [-0.1, -0.05) is 31.9 Å². The third-order valence-electron chi connectivity index (χ3n) is 1.77. The molecule has 78 valence electrons. The topological polar surface area (TPSA) is 40.9 Å². The fraction of sp³-hybridized carbons (Fsp3) is 0.333. The lowest BCUT2D eigenvalue weighted by Crippen LogP contribution is -2.04. The molecule has 1 aromatic rings. The van der Waals surface area contributed by atoms with Crippen molar-refractivity contribution in [2.75, 3.05) is 12.0 Å². The Kier molecular flexibility index (Phi) is 4.15. The summed E-state index contributed by atoms with van der Waals surface area (Å²) in [6.45, 7) is 0. The lowest BCUT2D eigenvalue weighted by molar-refractivity contribution is 0.678. The molecule has 1 N–H and O–H groups in total. The van der Waals surface area contributed by atoms with Crippen LogP contribution >= 0.6 is 31.9 Å². The predicted octanol–water partition coefficient (Wildman–Crippen LogP) is 3.43. The van der Waals surface area contributed by atoms with Crippen molar-refractivity contribution in [2.45, 2.75) is 6.42 Å². The molecule has 5 heteroatoms. The number of halogens is 2. The summed E-state index contributed by atoms with van der Waals surface area (Å²) in [4.78, 5) is 0. The van der Waals surface area contributed by atoms with Gasteiger partial charge in [-0.25, -0.2) is 0 Å². The van der Waals surface area contributed by atoms with Gasteiger partial charge in [0.1, 0.15) is 0 Å². The first-order chi connectivity index (χ1) is 6.38. The SMILES string of the molecule is CS(=N)(=O)CCc1cc(Br)ccc1Br. The van der Waals surface area contributed by atoms with Crippen LogP contribution < -0.4 is 0 Å². The summed E-state index contributed by atoms with van der Waals surface area (Å²) in [5.74, 6) is 0.405. The molecule has 0 saturated heterocycles. The molecule has 1 unspecified atom stereocenters. The van der Waals surface area contributed by atoms with E-state index in [-0.39, 0.29) is 0 Å². The van der Waals surface area contributed by atoms with Gasteiger partial charge in [-0.2, -0.15) is 0 Å². The highest BCUT2D eigenvalue weighted by atomic mass is 79.9. The molecule has 0 bridgehead atoms. The standard InChI is InChI=1S/C9H11Br2NOS/c1-14(12,13)5-4-7-6-8(10)2-3-9(7)11/h2-3,6,12H,4-5H2,1H3. The summed E-state index contributed by atoms with van der Waals surface area (Å²) in [6, 6.07) is 5.87. The monoisotopic (exact) mass is 339 g/mol. The van der Waals surface area contributed by atoms with Crippen LogP contribution in [0.4, 0.5) is 0 Å². The molecule has 2 nitrogen and oxygen atoms in total. The predicted molar refractivity (Wildman–Crippen MR) is 67.2 cm³/mol. The fourth-order valence-corrected chi connectivity index (χ4v) is 2.50. The van der Waals surface area contributed by atoms with Crippen LogP contribution in [-0.4, -0.2) is 16.2 Å². The van der Waals surface area contributed by atoms with E-state index in [1.165, 1.54) is 6.26 Å². The van der Waals surface area contributed by atoms with E-state index >= 15 is 0 Å². The minimum atomic E-state index is -2.39. The molecule has 0 heterocycles. The van der Waals surface area contributed by atoms with Crippen molar-refractivity contribution in [1.82, 2.24) is 0 Å². The summed E-state index contributed by atoms with van der Waals surface area (Å²) in [5, 5.41) is 0. The van der Waals surface area contributed by atoms with E-state index < -0.39 is 9.73 Å². The van der Waals surface area contributed by atoms with Gasteiger partial charge in [0.15, 0.2) is 0 Å². The third kappa shape index (κ3) is 4.11. The highest BCUT2D eigenvalue weighted by Crippen LogP contribution is 2.22. The maximum Gasteiger partial charge on any atom is 0.0415 e. The first-order valence-electron chi connectivity index (χ1n) is 4.04. The smallest absolute Gasteiger partial charge is 0.0415 e. The zero-order valence-corrected chi connectivity index (χ0v) is 11.7. The second-order valence-corrected chi connectivity index (χ2v) is 7.38. The molecule has 0 fully saturated rings. The van der Waals surface area contributed by atoms with Crippen LogP contribution in [-0.2, 0) is 16.1 Å². The van der Waals surface area contributed by atoms with E-state index in [1.807, 2.05) is 18.2 Å². The Labute approximate surface area is 101 Å². The molecule has 0 aliphatic rings. The van der Waals surface area contributed by atoms with Crippen molar-refractivity contribution in [2.24, 2.45) is 0 Å². The number of nitrogens with one attached hydrogen (secondary N) is 1. The van der Waals surface area contributed by atoms with Crippen molar-refractivity contribution in [1.29, 1.82) is 4.78 Å². The average molecular weight is 341 g/mol. The molecule has 0 amide bonds. The molecule has 0 aliphatic carbocycles. The number of rotatable bonds is 3. The van der Waals surface area contributed by atoms with Gasteiger partial charge >= 0.3 is 0 Å². The molecule has 1 atom stereocenters. The summed E-state index contributed by atoms with van der Waals surface area (Å²) < 4.78 is 20.5. The Morgan fingerprint density at radius 1 is 1.43 bits per heavy atom. The van der Waals surface area contributed by atoms with Crippen molar-refractivity contribution in [3.8, 4) is 0 Å². The molecule has 0 aromatic heterocycles. The van der Waals surface area contributed by atoms with Crippen LogP contribution in [0.2, 0.25) is 0 Å². The van der Waals surface area contributed by atoms with Gasteiger partial charge in [-0.05, 0) is 30.2 Å². The van der Waals surface area contributed by atoms with Crippen molar-refractivity contribution in [3.63, 3.8) is 0 Å². The molecular formula is C9H11Br2NOS. The summed E-state index contributed by atoms with van der Waals surface area (Å²) >= 11 is 6.80. The summed E-state index contributed by atoms with van der Waals surface area (Å²) in [6.07, 6.45) is 2.14. The van der Waals surface area contributed by atoms with Gasteiger partial charge in [0.2, 0.25) is 0 Å². The fourth-order valence-electron chi connectivity index (χ4n) is 1.04. The van der Waals surface area contributed by atoms with E-state index in [1.54, 1.807) is 0 Å². The summed E-state index contributed by atoms with van der Waals surface area (Å²) in [7, 11) is -2.39. The zero-order valence-electron chi connectivity index (χ0n) is 7.72. The van der Waals surface area contributed by atoms with E-state index in [9.17, 15) is 4.21 Å². The Balaban J connectivity index is 2.81. The second kappa shape index (κ2) is 4.77. The maximum atomic E-state index is 11.2. The molecule has 0 spiro atoms. The van der Waals surface area contributed by atoms with Gasteiger partial charge in [-0.15, -0.1) is 0 Å². The third-order valence-corrected chi connectivity index (χ3v) is 4.02. The minimum Gasteiger partial charge on any atom is -0.253 e. The zero-order chi connectivity index (χ0) is 10.8. The first-order valence-corrected chi connectivity index (χ1v) is 7.76. The van der Waals surface area contributed by atoms with Crippen LogP contribution in [0.15, 0.2) is 27.1 Å². The molecule has 1 rings (SSSR count). The number of hydrogen-bond acceptors (Lipinski definition) is 2. The van der Waals surface area contributed by atoms with E-state index in [2.05, 4.69) is 31.9 Å². The van der Waals surface area contributed by atoms with Crippen LogP contribution in [0.1, 0.15) is 5.56 Å². The van der Waals surface area contributed by atoms with E-state index in [0.29, 0.717) is 12.2 Å². The largest absolute Gasteiger partial charge is 0.253 e. The Bertz CT molecular complexity index is 428. The Morgan fingerprint density at radius 2 is 2.07 bits per heavy atom. The molecular weight excluding hydrogens is 330 g/mol. The number of aryl methyl sites for hydroxylation is 1. The molecule has 0 aliphatic heterocycles. The quantitative estimate of drug-likeness (QED) is 0.899. The van der Waals surface area contributed by atoms with E-state index in [4.69, 9.17) is 4.78 Å². The van der Waals surface area contributed by atoms with Crippen LogP contribution in [0.25, 0.3) is 0 Å². The van der Waals surface area contributed by atoms with Gasteiger partial charge < -0.3 is 0 Å². The van der Waals surface area contributed by atoms with E-state index in [0.717, 1.165) is 14.5 Å². The molecule has 14 heavy (non-hydrogen) atoms. The average Bonchev–Trinajstić information content (AvgIpc) is 2.05. The van der Waals surface area contributed by atoms with Crippen LogP contribution in [0, 0.1) is 4.78 Å². The summed E-state index contributed by atoms with van der Waals surface area (Å²) in [5.41, 5.74) is 1.08. The number of hydrogen-bond donors (Lipinski definition) is 1. The lowest BCUT2D eigenvalue weighted by Gasteiger charge is -2.05. The van der Waals surface area contributed by atoms with Crippen molar-refractivity contribution < 1.29 is 4.21 Å². The van der Waals surface area contributed by atoms with Gasteiger partial charge in [0.05, 0.1) is 0 Å². The number of benzene rings is 1. The molecule has 0 saturated carbocycles. The van der Waals surface area contributed by atoms with Crippen LogP contribution in [0.3, 0.4) is 0 Å². The normalized spacial score (nSPS) is 15.1. The van der Waals surface area contributed by atoms with Gasteiger partial charge in [0, 0.05) is 30.7 Å². The van der Waals surface area contributed by atoms with Gasteiger partial charge in [-0.3, -0.25) is 8.99 Å². The highest BCUT2D eigenvalue weighted by Gasteiger charge is 2.04. The van der Waals surface area contributed by atoms with Crippen LogP contribution in [0.5, 0.6) is 0 Å². The molecule has 1 aromatic carbocycles. The first kappa shape index (κ1) is 12.2. The minimum absolute atomic E-state index is 0.405. The lowest BCUT2D eigenvalue weighted by atomic mass is 10.2. The molecule has 0 radical (unpaired) electrons. The second-order valence-electron chi connectivity index (χ2n) is 3.19. The Morgan fingerprint density at radius 3 is 2.64 bits per heavy atom. The maximum absolute atomic E-state index is 11.2. The van der Waals surface area contributed by atoms with Crippen molar-refractivity contribution >= 4 is 41.6 Å². The Hall–Kier alpha value is 0.130. The van der Waals surface area contributed by atoms with Gasteiger partial charge in [0.25, 0.3) is 0 Å².